The van der Waals surface area contributed by atoms with Gasteiger partial charge in [0.25, 0.3) is 0 Å². The summed E-state index contributed by atoms with van der Waals surface area (Å²) >= 11 is 3.52. The first-order valence-corrected chi connectivity index (χ1v) is 6.32. The summed E-state index contributed by atoms with van der Waals surface area (Å²) in [5, 5.41) is 0. The maximum atomic E-state index is 4.07. The third-order valence-corrected chi connectivity index (χ3v) is 3.28. The van der Waals surface area contributed by atoms with Crippen molar-refractivity contribution in [3.8, 4) is 0 Å². The average molecular weight is 291 g/mol. The van der Waals surface area contributed by atoms with Crippen LogP contribution >= 0.6 is 15.9 Å². The predicted molar refractivity (Wildman–Crippen MR) is 75.2 cm³/mol. The highest BCUT2D eigenvalue weighted by molar-refractivity contribution is 9.10. The number of nitrogens with zero attached hydrogens (tertiary/aromatic N) is 2. The molecule has 0 atom stereocenters. The second kappa shape index (κ2) is 5.32. The lowest BCUT2D eigenvalue weighted by molar-refractivity contribution is 0.916. The summed E-state index contributed by atoms with van der Waals surface area (Å²) in [4.78, 5) is 6.28. The van der Waals surface area contributed by atoms with E-state index < -0.39 is 0 Å². The molecule has 88 valence electrons. The summed E-state index contributed by atoms with van der Waals surface area (Å²) < 4.78 is 1.02. The smallest absolute Gasteiger partial charge is 0.0592 e. The Morgan fingerprint density at radius 1 is 1.29 bits per heavy atom. The zero-order valence-electron chi connectivity index (χ0n) is 10.0. The van der Waals surface area contributed by atoms with Crippen LogP contribution in [0.3, 0.4) is 0 Å². The molecule has 1 aromatic heterocycles. The van der Waals surface area contributed by atoms with Crippen molar-refractivity contribution in [2.24, 2.45) is 0 Å². The summed E-state index contributed by atoms with van der Waals surface area (Å²) in [7, 11) is 2.09. The van der Waals surface area contributed by atoms with Crippen LogP contribution in [0.1, 0.15) is 11.1 Å². The van der Waals surface area contributed by atoms with Gasteiger partial charge < -0.3 is 4.90 Å². The van der Waals surface area contributed by atoms with Crippen molar-refractivity contribution in [2.45, 2.75) is 13.5 Å². The maximum absolute atomic E-state index is 4.07. The maximum Gasteiger partial charge on any atom is 0.0592 e. The molecule has 0 radical (unpaired) electrons. The monoisotopic (exact) mass is 290 g/mol. The molecule has 0 unspecified atom stereocenters. The molecule has 0 spiro atoms. The molecule has 2 nitrogen and oxygen atoms in total. The third kappa shape index (κ3) is 3.07. The van der Waals surface area contributed by atoms with E-state index in [2.05, 4.69) is 64.1 Å². The lowest BCUT2D eigenvalue weighted by Gasteiger charge is -2.20. The fourth-order valence-corrected chi connectivity index (χ4v) is 2.40. The van der Waals surface area contributed by atoms with Crippen molar-refractivity contribution < 1.29 is 0 Å². The van der Waals surface area contributed by atoms with E-state index >= 15 is 0 Å². The van der Waals surface area contributed by atoms with Gasteiger partial charge in [-0.05, 0) is 34.5 Å². The quantitative estimate of drug-likeness (QED) is 0.855. The minimum absolute atomic E-state index is 0.893. The van der Waals surface area contributed by atoms with Gasteiger partial charge in [0.05, 0.1) is 10.2 Å². The number of aromatic nitrogens is 1. The van der Waals surface area contributed by atoms with Gasteiger partial charge in [-0.2, -0.15) is 0 Å². The molecular formula is C14H15BrN2. The van der Waals surface area contributed by atoms with E-state index in [9.17, 15) is 0 Å². The van der Waals surface area contributed by atoms with Crippen LogP contribution in [-0.2, 0) is 6.54 Å². The molecular weight excluding hydrogens is 276 g/mol. The number of halogens is 1. The molecule has 0 amide bonds. The number of hydrogen-bond acceptors (Lipinski definition) is 2. The Hall–Kier alpha value is -1.35. The van der Waals surface area contributed by atoms with Gasteiger partial charge >= 0.3 is 0 Å². The van der Waals surface area contributed by atoms with Gasteiger partial charge in [0.15, 0.2) is 0 Å². The minimum atomic E-state index is 0.893. The molecule has 2 rings (SSSR count). The van der Waals surface area contributed by atoms with Crippen molar-refractivity contribution >= 4 is 21.6 Å². The van der Waals surface area contributed by atoms with Crippen LogP contribution in [0.4, 0.5) is 5.69 Å². The van der Waals surface area contributed by atoms with E-state index in [1.807, 2.05) is 18.5 Å². The topological polar surface area (TPSA) is 16.1 Å². The first-order chi connectivity index (χ1) is 8.16. The zero-order chi connectivity index (χ0) is 12.3. The molecule has 0 saturated carbocycles. The number of hydrogen-bond donors (Lipinski definition) is 0. The molecule has 0 aliphatic rings. The average Bonchev–Trinajstić information content (AvgIpc) is 2.29. The molecule has 0 saturated heterocycles. The van der Waals surface area contributed by atoms with Crippen molar-refractivity contribution in [2.75, 3.05) is 11.9 Å². The van der Waals surface area contributed by atoms with Crippen molar-refractivity contribution in [3.63, 3.8) is 0 Å². The molecule has 0 N–H and O–H groups in total. The van der Waals surface area contributed by atoms with E-state index in [0.717, 1.165) is 16.7 Å². The Morgan fingerprint density at radius 3 is 2.82 bits per heavy atom. The summed E-state index contributed by atoms with van der Waals surface area (Å²) in [6, 6.07) is 10.6. The van der Waals surface area contributed by atoms with Gasteiger partial charge in [-0.15, -0.1) is 0 Å². The van der Waals surface area contributed by atoms with Crippen LogP contribution in [0.5, 0.6) is 0 Å². The second-order valence-corrected chi connectivity index (χ2v) is 5.03. The Labute approximate surface area is 110 Å². The highest BCUT2D eigenvalue weighted by Gasteiger charge is 2.05. The van der Waals surface area contributed by atoms with Crippen LogP contribution in [0.2, 0.25) is 0 Å². The SMILES string of the molecule is Cc1cccc(CN(C)c2ccncc2Br)c1. The van der Waals surface area contributed by atoms with E-state index in [-0.39, 0.29) is 0 Å². The molecule has 0 aliphatic heterocycles. The number of rotatable bonds is 3. The van der Waals surface area contributed by atoms with Crippen LogP contribution in [0.25, 0.3) is 0 Å². The first-order valence-electron chi connectivity index (χ1n) is 5.53. The third-order valence-electron chi connectivity index (χ3n) is 2.66. The van der Waals surface area contributed by atoms with Crippen molar-refractivity contribution in [1.82, 2.24) is 4.98 Å². The van der Waals surface area contributed by atoms with Crippen LogP contribution in [-0.4, -0.2) is 12.0 Å². The highest BCUT2D eigenvalue weighted by atomic mass is 79.9. The van der Waals surface area contributed by atoms with Gasteiger partial charge in [0.1, 0.15) is 0 Å². The fraction of sp³-hybridized carbons (Fsp3) is 0.214. The van der Waals surface area contributed by atoms with Gasteiger partial charge in [-0.1, -0.05) is 29.8 Å². The molecule has 0 aliphatic carbocycles. The Bertz CT molecular complexity index is 511. The number of pyridine rings is 1. The minimum Gasteiger partial charge on any atom is -0.369 e. The summed E-state index contributed by atoms with van der Waals surface area (Å²) in [6.45, 7) is 3.01. The van der Waals surface area contributed by atoms with E-state index in [4.69, 9.17) is 0 Å². The normalized spacial score (nSPS) is 10.3. The van der Waals surface area contributed by atoms with Gasteiger partial charge in [-0.3, -0.25) is 4.98 Å². The van der Waals surface area contributed by atoms with Crippen LogP contribution in [0, 0.1) is 6.92 Å². The predicted octanol–water partition coefficient (Wildman–Crippen LogP) is 3.79. The zero-order valence-corrected chi connectivity index (χ0v) is 11.6. The second-order valence-electron chi connectivity index (χ2n) is 4.17. The van der Waals surface area contributed by atoms with E-state index in [0.29, 0.717) is 0 Å². The van der Waals surface area contributed by atoms with Crippen LogP contribution in [0.15, 0.2) is 47.2 Å². The number of benzene rings is 1. The first kappa shape index (κ1) is 12.1. The van der Waals surface area contributed by atoms with Crippen LogP contribution < -0.4 is 4.90 Å². The molecule has 17 heavy (non-hydrogen) atoms. The molecule has 1 heterocycles. The van der Waals surface area contributed by atoms with Gasteiger partial charge in [0.2, 0.25) is 0 Å². The standard InChI is InChI=1S/C14H15BrN2/c1-11-4-3-5-12(8-11)10-17(2)14-6-7-16-9-13(14)15/h3-9H,10H2,1-2H3. The number of aryl methyl sites for hydroxylation is 1. The van der Waals surface area contributed by atoms with E-state index in [1.165, 1.54) is 11.1 Å². The summed E-state index contributed by atoms with van der Waals surface area (Å²) in [6.07, 6.45) is 3.63. The Kier molecular flexibility index (Phi) is 3.79. The molecule has 0 bridgehead atoms. The molecule has 0 fully saturated rings. The number of anilines is 1. The Balaban J connectivity index is 2.17. The van der Waals surface area contributed by atoms with Gasteiger partial charge in [-0.25, -0.2) is 0 Å². The van der Waals surface area contributed by atoms with Crippen molar-refractivity contribution in [1.29, 1.82) is 0 Å². The molecule has 1 aromatic carbocycles. The lowest BCUT2D eigenvalue weighted by Crippen LogP contribution is -2.16. The summed E-state index contributed by atoms with van der Waals surface area (Å²) in [5.74, 6) is 0. The lowest BCUT2D eigenvalue weighted by atomic mass is 10.1. The molecule has 3 heteroatoms. The highest BCUT2D eigenvalue weighted by Crippen LogP contribution is 2.24. The van der Waals surface area contributed by atoms with Crippen molar-refractivity contribution in [3.05, 3.63) is 58.3 Å². The summed E-state index contributed by atoms with van der Waals surface area (Å²) in [5.41, 5.74) is 3.77. The fourth-order valence-electron chi connectivity index (χ4n) is 1.85. The Morgan fingerprint density at radius 2 is 2.12 bits per heavy atom. The largest absolute Gasteiger partial charge is 0.369 e. The molecule has 2 aromatic rings. The van der Waals surface area contributed by atoms with E-state index in [1.54, 1.807) is 0 Å². The van der Waals surface area contributed by atoms with Gasteiger partial charge in [0, 0.05) is 26.0 Å².